The highest BCUT2D eigenvalue weighted by Gasteiger charge is 2.33. The van der Waals surface area contributed by atoms with E-state index in [4.69, 9.17) is 9.47 Å². The van der Waals surface area contributed by atoms with Crippen LogP contribution in [0.3, 0.4) is 0 Å². The average molecular weight is 235 g/mol. The number of hydrogen-bond acceptors (Lipinski definition) is 3. The highest BCUT2D eigenvalue weighted by atomic mass is 16.7. The van der Waals surface area contributed by atoms with Gasteiger partial charge in [0.1, 0.15) is 0 Å². The van der Waals surface area contributed by atoms with Crippen molar-refractivity contribution in [1.29, 1.82) is 0 Å². The summed E-state index contributed by atoms with van der Waals surface area (Å²) in [5.74, 6) is -0.471. The van der Waals surface area contributed by atoms with Crippen LogP contribution < -0.4 is 0 Å². The minimum absolute atomic E-state index is 0.398. The van der Waals surface area contributed by atoms with Gasteiger partial charge in [0.15, 0.2) is 5.79 Å². The normalized spacial score (nSPS) is 27.9. The van der Waals surface area contributed by atoms with Crippen LogP contribution in [0, 0.1) is 0 Å². The molecule has 0 saturated carbocycles. The van der Waals surface area contributed by atoms with Gasteiger partial charge in [0.05, 0.1) is 13.2 Å². The maximum atomic E-state index is 5.67. The van der Waals surface area contributed by atoms with Crippen molar-refractivity contribution in [3.8, 4) is 0 Å². The van der Waals surface area contributed by atoms with Gasteiger partial charge in [-0.3, -0.25) is 4.90 Å². The van der Waals surface area contributed by atoms with Crippen LogP contribution in [-0.4, -0.2) is 37.5 Å². The van der Waals surface area contributed by atoms with E-state index in [1.807, 2.05) is 6.92 Å². The zero-order valence-corrected chi connectivity index (χ0v) is 10.8. The van der Waals surface area contributed by atoms with E-state index in [9.17, 15) is 0 Å². The van der Waals surface area contributed by atoms with Crippen LogP contribution in [-0.2, 0) is 9.47 Å². The summed E-state index contributed by atoms with van der Waals surface area (Å²) in [6, 6.07) is 11.0. The van der Waals surface area contributed by atoms with E-state index < -0.39 is 5.79 Å². The smallest absolute Gasteiger partial charge is 0.177 e. The minimum Gasteiger partial charge on any atom is -0.352 e. The zero-order valence-electron chi connectivity index (χ0n) is 10.8. The maximum Gasteiger partial charge on any atom is 0.177 e. The Kier molecular flexibility index (Phi) is 3.82. The van der Waals surface area contributed by atoms with Crippen molar-refractivity contribution in [1.82, 2.24) is 4.90 Å². The summed E-state index contributed by atoms with van der Waals surface area (Å²) in [6.07, 6.45) is 0. The molecule has 2 atom stereocenters. The van der Waals surface area contributed by atoms with E-state index in [0.29, 0.717) is 6.04 Å². The topological polar surface area (TPSA) is 21.7 Å². The van der Waals surface area contributed by atoms with E-state index in [0.717, 1.165) is 19.7 Å². The summed E-state index contributed by atoms with van der Waals surface area (Å²) < 4.78 is 11.1. The molecule has 1 heterocycles. The van der Waals surface area contributed by atoms with Crippen molar-refractivity contribution in [2.45, 2.75) is 25.7 Å². The molecule has 1 saturated heterocycles. The first-order chi connectivity index (χ1) is 8.14. The number of ether oxygens (including phenoxy) is 2. The molecule has 3 nitrogen and oxygen atoms in total. The Bertz CT molecular complexity index is 354. The molecule has 1 unspecified atom stereocenters. The molecule has 94 valence electrons. The molecule has 0 bridgehead atoms. The van der Waals surface area contributed by atoms with Crippen LogP contribution >= 0.6 is 0 Å². The van der Waals surface area contributed by atoms with Crippen LogP contribution in [0.5, 0.6) is 0 Å². The van der Waals surface area contributed by atoms with Crippen molar-refractivity contribution in [3.05, 3.63) is 35.9 Å². The molecular weight excluding hydrogens is 214 g/mol. The third-order valence-corrected chi connectivity index (χ3v) is 3.54. The zero-order chi connectivity index (χ0) is 12.3. The first-order valence-electron chi connectivity index (χ1n) is 6.13. The Morgan fingerprint density at radius 2 is 2.06 bits per heavy atom. The van der Waals surface area contributed by atoms with Gasteiger partial charge in [-0.25, -0.2) is 0 Å². The van der Waals surface area contributed by atoms with Crippen molar-refractivity contribution in [2.24, 2.45) is 0 Å². The Morgan fingerprint density at radius 1 is 1.35 bits per heavy atom. The third-order valence-electron chi connectivity index (χ3n) is 3.54. The lowest BCUT2D eigenvalue weighted by molar-refractivity contribution is -0.247. The number of benzene rings is 1. The molecule has 17 heavy (non-hydrogen) atoms. The quantitative estimate of drug-likeness (QED) is 0.803. The second kappa shape index (κ2) is 5.17. The van der Waals surface area contributed by atoms with Gasteiger partial charge in [-0.2, -0.15) is 0 Å². The minimum atomic E-state index is -0.471. The summed E-state index contributed by atoms with van der Waals surface area (Å²) in [7, 11) is 1.71. The van der Waals surface area contributed by atoms with Gasteiger partial charge in [-0.05, 0) is 19.4 Å². The van der Waals surface area contributed by atoms with E-state index in [-0.39, 0.29) is 0 Å². The molecule has 0 aliphatic carbocycles. The summed E-state index contributed by atoms with van der Waals surface area (Å²) in [5.41, 5.74) is 1.34. The van der Waals surface area contributed by atoms with Crippen molar-refractivity contribution < 1.29 is 9.47 Å². The predicted octanol–water partition coefficient (Wildman–Crippen LogP) is 2.44. The number of nitrogens with zero attached hydrogens (tertiary/aromatic N) is 1. The predicted molar refractivity (Wildman–Crippen MR) is 67.8 cm³/mol. The lowest BCUT2D eigenvalue weighted by Gasteiger charge is -2.42. The van der Waals surface area contributed by atoms with Gasteiger partial charge in [0, 0.05) is 19.7 Å². The molecule has 1 aliphatic rings. The lowest BCUT2D eigenvalue weighted by atomic mass is 10.1. The Balaban J connectivity index is 2.07. The summed E-state index contributed by atoms with van der Waals surface area (Å²) in [4.78, 5) is 2.41. The number of hydrogen-bond donors (Lipinski definition) is 0. The molecule has 0 N–H and O–H groups in total. The molecule has 2 rings (SSSR count). The van der Waals surface area contributed by atoms with E-state index in [1.54, 1.807) is 7.11 Å². The van der Waals surface area contributed by atoms with Crippen LogP contribution in [0.2, 0.25) is 0 Å². The van der Waals surface area contributed by atoms with E-state index >= 15 is 0 Å². The first kappa shape index (κ1) is 12.6. The van der Waals surface area contributed by atoms with Crippen molar-refractivity contribution in [2.75, 3.05) is 26.8 Å². The molecular formula is C14H21NO2. The van der Waals surface area contributed by atoms with Gasteiger partial charge in [-0.1, -0.05) is 30.3 Å². The van der Waals surface area contributed by atoms with Crippen LogP contribution in [0.4, 0.5) is 0 Å². The molecule has 1 aromatic rings. The fourth-order valence-electron chi connectivity index (χ4n) is 2.27. The van der Waals surface area contributed by atoms with E-state index in [2.05, 4.69) is 42.2 Å². The molecule has 0 radical (unpaired) electrons. The number of methoxy groups -OCH3 is 1. The molecule has 1 aromatic carbocycles. The van der Waals surface area contributed by atoms with E-state index in [1.165, 1.54) is 5.56 Å². The second-order valence-corrected chi connectivity index (χ2v) is 4.74. The third kappa shape index (κ3) is 2.86. The Morgan fingerprint density at radius 3 is 2.71 bits per heavy atom. The van der Waals surface area contributed by atoms with Crippen molar-refractivity contribution in [3.63, 3.8) is 0 Å². The highest BCUT2D eigenvalue weighted by molar-refractivity contribution is 5.18. The molecule has 1 fully saturated rings. The molecule has 0 aromatic heterocycles. The average Bonchev–Trinajstić information content (AvgIpc) is 2.39. The molecule has 0 amide bonds. The van der Waals surface area contributed by atoms with Gasteiger partial charge in [0.25, 0.3) is 0 Å². The molecule has 0 spiro atoms. The first-order valence-corrected chi connectivity index (χ1v) is 6.13. The Hall–Kier alpha value is -0.900. The van der Waals surface area contributed by atoms with Gasteiger partial charge in [-0.15, -0.1) is 0 Å². The van der Waals surface area contributed by atoms with Gasteiger partial charge >= 0.3 is 0 Å². The largest absolute Gasteiger partial charge is 0.352 e. The number of morpholine rings is 1. The SMILES string of the molecule is COC1(C)CN([C@@H](C)c2ccccc2)CCO1. The molecule has 1 aliphatic heterocycles. The fraction of sp³-hybridized carbons (Fsp3) is 0.571. The summed E-state index contributed by atoms with van der Waals surface area (Å²) in [6.45, 7) is 6.71. The second-order valence-electron chi connectivity index (χ2n) is 4.74. The fourth-order valence-corrected chi connectivity index (χ4v) is 2.27. The van der Waals surface area contributed by atoms with Crippen LogP contribution in [0.15, 0.2) is 30.3 Å². The van der Waals surface area contributed by atoms with Crippen molar-refractivity contribution >= 4 is 0 Å². The number of rotatable bonds is 3. The van der Waals surface area contributed by atoms with Crippen LogP contribution in [0.1, 0.15) is 25.5 Å². The Labute approximate surface area is 103 Å². The maximum absolute atomic E-state index is 5.67. The highest BCUT2D eigenvalue weighted by Crippen LogP contribution is 2.26. The summed E-state index contributed by atoms with van der Waals surface area (Å²) >= 11 is 0. The van der Waals surface area contributed by atoms with Gasteiger partial charge in [0.2, 0.25) is 0 Å². The van der Waals surface area contributed by atoms with Gasteiger partial charge < -0.3 is 9.47 Å². The summed E-state index contributed by atoms with van der Waals surface area (Å²) in [5, 5.41) is 0. The molecule has 3 heteroatoms. The standard InChI is InChI=1S/C14H21NO2/c1-12(13-7-5-4-6-8-13)15-9-10-17-14(2,11-15)16-3/h4-8,12H,9-11H2,1-3H3/t12-,14?/m0/s1. The van der Waals surface area contributed by atoms with Crippen LogP contribution in [0.25, 0.3) is 0 Å². The monoisotopic (exact) mass is 235 g/mol. The lowest BCUT2D eigenvalue weighted by Crippen LogP contribution is -2.51.